The van der Waals surface area contributed by atoms with Gasteiger partial charge in [-0.25, -0.2) is 13.4 Å². The number of sulfonamides is 1. The van der Waals surface area contributed by atoms with E-state index in [0.29, 0.717) is 26.4 Å². The van der Waals surface area contributed by atoms with Gasteiger partial charge >= 0.3 is 0 Å². The number of halogens is 1. The highest BCUT2D eigenvalue weighted by Crippen LogP contribution is 2.16. The van der Waals surface area contributed by atoms with Crippen LogP contribution in [0.3, 0.4) is 0 Å². The lowest BCUT2D eigenvalue weighted by Crippen LogP contribution is -2.36. The van der Waals surface area contributed by atoms with Gasteiger partial charge in [0.05, 0.1) is 13.2 Å². The Morgan fingerprint density at radius 1 is 1.14 bits per heavy atom. The monoisotopic (exact) mass is 336 g/mol. The van der Waals surface area contributed by atoms with Crippen LogP contribution in [0.5, 0.6) is 0 Å². The van der Waals surface area contributed by atoms with Gasteiger partial charge in [-0.15, -0.1) is 0 Å². The van der Waals surface area contributed by atoms with Crippen LogP contribution >= 0.6 is 11.6 Å². The Bertz CT molecular complexity index is 497. The third kappa shape index (κ3) is 5.88. The maximum absolute atomic E-state index is 12.6. The lowest BCUT2D eigenvalue weighted by molar-refractivity contribution is 0.110. The first-order valence-corrected chi connectivity index (χ1v) is 8.61. The minimum Gasteiger partial charge on any atom is -0.380 e. The molecule has 0 N–H and O–H groups in total. The molecule has 0 fully saturated rings. The molecule has 8 heteroatoms. The molecule has 0 atom stereocenters. The molecule has 0 radical (unpaired) electrons. The van der Waals surface area contributed by atoms with Crippen molar-refractivity contribution in [2.45, 2.75) is 18.7 Å². The molecule has 1 aromatic heterocycles. The van der Waals surface area contributed by atoms with Gasteiger partial charge in [-0.2, -0.15) is 4.31 Å². The first-order chi connectivity index (χ1) is 10.0. The molecule has 21 heavy (non-hydrogen) atoms. The molecule has 6 nitrogen and oxygen atoms in total. The van der Waals surface area contributed by atoms with Crippen LogP contribution in [0.25, 0.3) is 0 Å². The molecule has 0 unspecified atom stereocenters. The lowest BCUT2D eigenvalue weighted by Gasteiger charge is -2.21. The van der Waals surface area contributed by atoms with Crippen molar-refractivity contribution in [3.8, 4) is 0 Å². The summed E-state index contributed by atoms with van der Waals surface area (Å²) in [4.78, 5) is 3.93. The van der Waals surface area contributed by atoms with Crippen LogP contribution in [0.4, 0.5) is 0 Å². The van der Waals surface area contributed by atoms with Crippen molar-refractivity contribution in [1.29, 1.82) is 0 Å². The fourth-order valence-electron chi connectivity index (χ4n) is 1.64. The van der Waals surface area contributed by atoms with E-state index in [0.717, 1.165) is 0 Å². The fraction of sp³-hybridized carbons (Fsp3) is 0.615. The van der Waals surface area contributed by atoms with Gasteiger partial charge in [0.1, 0.15) is 10.0 Å². The minimum absolute atomic E-state index is 0.111. The normalized spacial score (nSPS) is 12.0. The Morgan fingerprint density at radius 2 is 1.71 bits per heavy atom. The van der Waals surface area contributed by atoms with E-state index in [1.807, 2.05) is 13.8 Å². The summed E-state index contributed by atoms with van der Waals surface area (Å²) in [6, 6.07) is 2.90. The van der Waals surface area contributed by atoms with Crippen LogP contribution in [-0.2, 0) is 19.5 Å². The number of hydrogen-bond acceptors (Lipinski definition) is 5. The van der Waals surface area contributed by atoms with Crippen molar-refractivity contribution >= 4 is 21.6 Å². The van der Waals surface area contributed by atoms with Gasteiger partial charge in [0.2, 0.25) is 10.0 Å². The van der Waals surface area contributed by atoms with E-state index in [1.165, 1.54) is 22.6 Å². The summed E-state index contributed by atoms with van der Waals surface area (Å²) in [6.45, 7) is 6.03. The predicted octanol–water partition coefficient (Wildman–Crippen LogP) is 1.80. The van der Waals surface area contributed by atoms with E-state index in [1.54, 1.807) is 0 Å². The third-order valence-corrected chi connectivity index (χ3v) is 4.82. The van der Waals surface area contributed by atoms with E-state index < -0.39 is 10.0 Å². The molecule has 0 saturated carbocycles. The molecule has 1 rings (SSSR count). The Kier molecular flexibility index (Phi) is 8.13. The van der Waals surface area contributed by atoms with Crippen molar-refractivity contribution in [2.75, 3.05) is 39.5 Å². The summed E-state index contributed by atoms with van der Waals surface area (Å²) in [5.74, 6) is 0. The van der Waals surface area contributed by atoms with E-state index in [9.17, 15) is 8.42 Å². The smallest absolute Gasteiger partial charge is 0.244 e. The Labute approximate surface area is 131 Å². The van der Waals surface area contributed by atoms with Crippen LogP contribution in [0.15, 0.2) is 23.2 Å². The highest BCUT2D eigenvalue weighted by Gasteiger charge is 2.24. The van der Waals surface area contributed by atoms with E-state index >= 15 is 0 Å². The molecule has 0 spiro atoms. The number of nitrogens with zero attached hydrogens (tertiary/aromatic N) is 2. The fourth-order valence-corrected chi connectivity index (χ4v) is 3.10. The van der Waals surface area contributed by atoms with Crippen LogP contribution < -0.4 is 0 Å². The average Bonchev–Trinajstić information content (AvgIpc) is 2.46. The first kappa shape index (κ1) is 18.3. The van der Waals surface area contributed by atoms with Crippen molar-refractivity contribution < 1.29 is 17.9 Å². The van der Waals surface area contributed by atoms with Crippen molar-refractivity contribution in [3.63, 3.8) is 0 Å². The molecule has 1 heterocycles. The molecule has 0 aliphatic rings. The van der Waals surface area contributed by atoms with Crippen LogP contribution in [0, 0.1) is 0 Å². The number of rotatable bonds is 10. The topological polar surface area (TPSA) is 68.7 Å². The second-order valence-electron chi connectivity index (χ2n) is 4.11. The number of aromatic nitrogens is 1. The summed E-state index contributed by atoms with van der Waals surface area (Å²) in [7, 11) is -3.63. The van der Waals surface area contributed by atoms with E-state index in [2.05, 4.69) is 4.98 Å². The van der Waals surface area contributed by atoms with E-state index in [4.69, 9.17) is 21.1 Å². The highest BCUT2D eigenvalue weighted by molar-refractivity contribution is 7.89. The molecule has 0 aromatic carbocycles. The van der Waals surface area contributed by atoms with Gasteiger partial charge in [-0.3, -0.25) is 0 Å². The summed E-state index contributed by atoms with van der Waals surface area (Å²) in [5.41, 5.74) is 0. The highest BCUT2D eigenvalue weighted by atomic mass is 35.5. The van der Waals surface area contributed by atoms with Crippen molar-refractivity contribution in [3.05, 3.63) is 23.5 Å². The molecule has 1 aromatic rings. The summed E-state index contributed by atoms with van der Waals surface area (Å²) in [6.07, 6.45) is 1.26. The van der Waals surface area contributed by atoms with Crippen molar-refractivity contribution in [1.82, 2.24) is 9.29 Å². The second kappa shape index (κ2) is 9.32. The van der Waals surface area contributed by atoms with Gasteiger partial charge in [0.15, 0.2) is 0 Å². The largest absolute Gasteiger partial charge is 0.380 e. The van der Waals surface area contributed by atoms with Gasteiger partial charge in [0, 0.05) is 32.5 Å². The molecular formula is C13H21ClN2O4S. The number of pyridine rings is 1. The predicted molar refractivity (Wildman–Crippen MR) is 81.0 cm³/mol. The molecule has 120 valence electrons. The van der Waals surface area contributed by atoms with Crippen LogP contribution in [0.2, 0.25) is 5.15 Å². The summed E-state index contributed by atoms with van der Waals surface area (Å²) in [5, 5.41) is 0.254. The lowest BCUT2D eigenvalue weighted by atomic mass is 10.5. The summed E-state index contributed by atoms with van der Waals surface area (Å²) >= 11 is 5.69. The van der Waals surface area contributed by atoms with Gasteiger partial charge < -0.3 is 9.47 Å². The molecule has 0 saturated heterocycles. The molecular weight excluding hydrogens is 316 g/mol. The Morgan fingerprint density at radius 3 is 2.14 bits per heavy atom. The van der Waals surface area contributed by atoms with Crippen LogP contribution in [0.1, 0.15) is 13.8 Å². The van der Waals surface area contributed by atoms with Crippen LogP contribution in [-0.4, -0.2) is 57.2 Å². The van der Waals surface area contributed by atoms with Gasteiger partial charge in [-0.05, 0) is 26.0 Å². The zero-order chi connectivity index (χ0) is 15.7. The molecule has 0 aliphatic heterocycles. The van der Waals surface area contributed by atoms with E-state index in [-0.39, 0.29) is 23.1 Å². The number of hydrogen-bond donors (Lipinski definition) is 0. The number of ether oxygens (including phenoxy) is 2. The maximum Gasteiger partial charge on any atom is 0.244 e. The van der Waals surface area contributed by atoms with Crippen molar-refractivity contribution in [2.24, 2.45) is 0 Å². The second-order valence-corrected chi connectivity index (χ2v) is 6.44. The summed E-state index contributed by atoms with van der Waals surface area (Å²) < 4.78 is 36.9. The minimum atomic E-state index is -3.63. The standard InChI is InChI=1S/C13H21ClN2O4S/c1-3-19-9-7-16(8-10-20-4-2)21(17,18)12-5-6-13(14)15-11-12/h5-6,11H,3-4,7-10H2,1-2H3. The Balaban J connectivity index is 2.84. The first-order valence-electron chi connectivity index (χ1n) is 6.79. The molecule has 0 aliphatic carbocycles. The quantitative estimate of drug-likeness (QED) is 0.481. The zero-order valence-corrected chi connectivity index (χ0v) is 13.9. The maximum atomic E-state index is 12.6. The van der Waals surface area contributed by atoms with Gasteiger partial charge in [0.25, 0.3) is 0 Å². The van der Waals surface area contributed by atoms with Gasteiger partial charge in [-0.1, -0.05) is 11.6 Å². The third-order valence-electron chi connectivity index (χ3n) is 2.72. The average molecular weight is 337 g/mol. The SMILES string of the molecule is CCOCCN(CCOCC)S(=O)(=O)c1ccc(Cl)nc1. The molecule has 0 amide bonds. The Hall–Kier alpha value is -0.730. The molecule has 0 bridgehead atoms. The zero-order valence-electron chi connectivity index (χ0n) is 12.3.